The van der Waals surface area contributed by atoms with E-state index in [1.165, 1.54) is 12.8 Å². The smallest absolute Gasteiger partial charge is 0.248 e. The van der Waals surface area contributed by atoms with Gasteiger partial charge in [0.2, 0.25) is 11.8 Å². The molecule has 1 N–H and O–H groups in total. The first-order chi connectivity index (χ1) is 13.7. The Kier molecular flexibility index (Phi) is 7.80. The molecule has 1 unspecified atom stereocenters. The van der Waals surface area contributed by atoms with E-state index >= 15 is 0 Å². The summed E-state index contributed by atoms with van der Waals surface area (Å²) < 4.78 is 4.96. The molecule has 2 amide bonds. The summed E-state index contributed by atoms with van der Waals surface area (Å²) in [5.74, 6) is 0.565. The minimum absolute atomic E-state index is 0.0272. The number of piperazine rings is 1. The molecule has 2 fully saturated rings. The first kappa shape index (κ1) is 20.7. The molecule has 2 heterocycles. The third-order valence-electron chi connectivity index (χ3n) is 5.85. The molecule has 1 aromatic rings. The van der Waals surface area contributed by atoms with Crippen LogP contribution in [0.4, 0.5) is 0 Å². The van der Waals surface area contributed by atoms with Gasteiger partial charge in [-0.05, 0) is 30.9 Å². The molecule has 154 valence electrons. The van der Waals surface area contributed by atoms with Gasteiger partial charge in [0.05, 0.1) is 6.04 Å². The molecule has 3 rings (SSSR count). The predicted octanol–water partition coefficient (Wildman–Crippen LogP) is 1.09. The zero-order valence-corrected chi connectivity index (χ0v) is 16.8. The van der Waals surface area contributed by atoms with Crippen molar-refractivity contribution in [2.75, 3.05) is 46.4 Å². The molecule has 1 aromatic heterocycles. The topological polar surface area (TPSA) is 74.8 Å². The van der Waals surface area contributed by atoms with Gasteiger partial charge in [-0.1, -0.05) is 18.9 Å². The van der Waals surface area contributed by atoms with Gasteiger partial charge in [0.25, 0.3) is 0 Å². The summed E-state index contributed by atoms with van der Waals surface area (Å²) >= 11 is 0. The van der Waals surface area contributed by atoms with Crippen molar-refractivity contribution in [2.24, 2.45) is 5.92 Å². The molecular weight excluding hydrogens is 356 g/mol. The zero-order valence-electron chi connectivity index (χ0n) is 16.8. The Morgan fingerprint density at radius 1 is 1.21 bits per heavy atom. The Balaban J connectivity index is 1.55. The number of pyridine rings is 1. The summed E-state index contributed by atoms with van der Waals surface area (Å²) in [6, 6.07) is 5.76. The third kappa shape index (κ3) is 5.52. The van der Waals surface area contributed by atoms with Crippen molar-refractivity contribution in [3.63, 3.8) is 0 Å². The maximum absolute atomic E-state index is 13.1. The minimum atomic E-state index is -0.0918. The number of ether oxygens (including phenoxy) is 1. The first-order valence-electron chi connectivity index (χ1n) is 10.4. The van der Waals surface area contributed by atoms with Crippen LogP contribution in [-0.4, -0.2) is 79.1 Å². The van der Waals surface area contributed by atoms with Crippen LogP contribution >= 0.6 is 0 Å². The summed E-state index contributed by atoms with van der Waals surface area (Å²) in [5.41, 5.74) is 0.991. The van der Waals surface area contributed by atoms with E-state index < -0.39 is 0 Å². The highest BCUT2D eigenvalue weighted by molar-refractivity contribution is 5.82. The molecule has 7 heteroatoms. The number of hydrogen-bond acceptors (Lipinski definition) is 5. The van der Waals surface area contributed by atoms with Gasteiger partial charge in [-0.25, -0.2) is 0 Å². The second-order valence-electron chi connectivity index (χ2n) is 7.70. The zero-order chi connectivity index (χ0) is 19.8. The van der Waals surface area contributed by atoms with Crippen LogP contribution in [-0.2, 0) is 20.7 Å². The molecule has 0 bridgehead atoms. The van der Waals surface area contributed by atoms with Gasteiger partial charge >= 0.3 is 0 Å². The van der Waals surface area contributed by atoms with Gasteiger partial charge in [-0.3, -0.25) is 19.5 Å². The van der Waals surface area contributed by atoms with E-state index in [0.717, 1.165) is 38.0 Å². The normalized spacial score (nSPS) is 19.5. The Morgan fingerprint density at radius 3 is 2.61 bits per heavy atom. The lowest BCUT2D eigenvalue weighted by atomic mass is 9.95. The van der Waals surface area contributed by atoms with Crippen LogP contribution in [0.2, 0.25) is 0 Å². The molecule has 7 nitrogen and oxygen atoms in total. The molecule has 1 atom stereocenters. The molecular formula is C21H32N4O3. The molecule has 0 aromatic carbocycles. The van der Waals surface area contributed by atoms with Crippen LogP contribution in [0, 0.1) is 5.92 Å². The fourth-order valence-corrected chi connectivity index (χ4v) is 4.38. The van der Waals surface area contributed by atoms with Gasteiger partial charge in [-0.15, -0.1) is 0 Å². The third-order valence-corrected chi connectivity index (χ3v) is 5.85. The summed E-state index contributed by atoms with van der Waals surface area (Å²) in [7, 11) is 1.54. The maximum Gasteiger partial charge on any atom is 0.248 e. The van der Waals surface area contributed by atoms with Crippen molar-refractivity contribution in [2.45, 2.75) is 38.1 Å². The van der Waals surface area contributed by atoms with E-state index in [4.69, 9.17) is 4.74 Å². The molecule has 0 spiro atoms. The summed E-state index contributed by atoms with van der Waals surface area (Å²) in [5, 5.41) is 3.14. The average Bonchev–Trinajstić information content (AvgIpc) is 3.24. The quantitative estimate of drug-likeness (QED) is 0.722. The van der Waals surface area contributed by atoms with Crippen molar-refractivity contribution in [3.8, 4) is 0 Å². The number of rotatable bonds is 8. The minimum Gasteiger partial charge on any atom is -0.375 e. The lowest BCUT2D eigenvalue weighted by molar-refractivity contribution is -0.138. The number of hydrogen-bond donors (Lipinski definition) is 1. The average molecular weight is 389 g/mol. The van der Waals surface area contributed by atoms with Gasteiger partial charge < -0.3 is 15.0 Å². The van der Waals surface area contributed by atoms with Crippen LogP contribution in [0.1, 0.15) is 31.4 Å². The highest BCUT2D eigenvalue weighted by Crippen LogP contribution is 2.31. The van der Waals surface area contributed by atoms with Crippen LogP contribution < -0.4 is 5.32 Å². The lowest BCUT2D eigenvalue weighted by Gasteiger charge is -2.40. The Morgan fingerprint density at radius 2 is 1.96 bits per heavy atom. The summed E-state index contributed by atoms with van der Waals surface area (Å²) in [6.45, 7) is 3.53. The number of amides is 2. The number of methoxy groups -OCH3 is 1. The first-order valence-corrected chi connectivity index (χ1v) is 10.4. The standard InChI is InChI=1S/C21H32N4O3/c1-28-16-19(26)24-12-14-25(15-13-24)20(17-6-2-3-7-17)21(27)23-11-9-18-8-4-5-10-22-18/h4-5,8,10,17,20H,2-3,6-7,9,11-16H2,1H3,(H,23,27). The molecule has 2 aliphatic rings. The Bertz CT molecular complexity index is 626. The fraction of sp³-hybridized carbons (Fsp3) is 0.667. The summed E-state index contributed by atoms with van der Waals surface area (Å²) in [4.78, 5) is 33.5. The molecule has 1 saturated carbocycles. The number of nitrogens with one attached hydrogen (secondary N) is 1. The number of nitrogens with zero attached hydrogens (tertiary/aromatic N) is 3. The molecule has 28 heavy (non-hydrogen) atoms. The Hall–Kier alpha value is -1.99. The van der Waals surface area contributed by atoms with Gasteiger partial charge in [0.1, 0.15) is 6.61 Å². The Labute approximate surface area is 167 Å². The van der Waals surface area contributed by atoms with Crippen LogP contribution in [0.3, 0.4) is 0 Å². The second-order valence-corrected chi connectivity index (χ2v) is 7.70. The van der Waals surface area contributed by atoms with E-state index in [2.05, 4.69) is 15.2 Å². The number of carbonyl (C=O) groups excluding carboxylic acids is 2. The monoisotopic (exact) mass is 388 g/mol. The highest BCUT2D eigenvalue weighted by atomic mass is 16.5. The van der Waals surface area contributed by atoms with Gasteiger partial charge in [0.15, 0.2) is 0 Å². The van der Waals surface area contributed by atoms with E-state index in [1.54, 1.807) is 13.3 Å². The molecule has 1 aliphatic carbocycles. The highest BCUT2D eigenvalue weighted by Gasteiger charge is 2.37. The number of aromatic nitrogens is 1. The largest absolute Gasteiger partial charge is 0.375 e. The van der Waals surface area contributed by atoms with Crippen molar-refractivity contribution < 1.29 is 14.3 Å². The van der Waals surface area contributed by atoms with Crippen LogP contribution in [0.5, 0.6) is 0 Å². The van der Waals surface area contributed by atoms with E-state index in [1.807, 2.05) is 23.1 Å². The van der Waals surface area contributed by atoms with E-state index in [-0.39, 0.29) is 24.5 Å². The van der Waals surface area contributed by atoms with E-state index in [0.29, 0.717) is 25.6 Å². The SMILES string of the molecule is COCC(=O)N1CCN(C(C(=O)NCCc2ccccn2)C2CCCC2)CC1. The van der Waals surface area contributed by atoms with Crippen LogP contribution in [0.25, 0.3) is 0 Å². The molecule has 1 saturated heterocycles. The van der Waals surface area contributed by atoms with Gasteiger partial charge in [-0.2, -0.15) is 0 Å². The van der Waals surface area contributed by atoms with Gasteiger partial charge in [0, 0.05) is 58.1 Å². The lowest BCUT2D eigenvalue weighted by Crippen LogP contribution is -2.58. The van der Waals surface area contributed by atoms with E-state index in [9.17, 15) is 9.59 Å². The van der Waals surface area contributed by atoms with Crippen molar-refractivity contribution >= 4 is 11.8 Å². The summed E-state index contributed by atoms with van der Waals surface area (Å²) in [6.07, 6.45) is 7.15. The number of carbonyl (C=O) groups is 2. The van der Waals surface area contributed by atoms with Crippen molar-refractivity contribution in [1.82, 2.24) is 20.1 Å². The predicted molar refractivity (Wildman–Crippen MR) is 107 cm³/mol. The fourth-order valence-electron chi connectivity index (χ4n) is 4.38. The van der Waals surface area contributed by atoms with Crippen molar-refractivity contribution in [3.05, 3.63) is 30.1 Å². The van der Waals surface area contributed by atoms with Crippen LogP contribution in [0.15, 0.2) is 24.4 Å². The second kappa shape index (κ2) is 10.5. The maximum atomic E-state index is 13.1. The molecule has 0 radical (unpaired) electrons. The van der Waals surface area contributed by atoms with Crippen molar-refractivity contribution in [1.29, 1.82) is 0 Å². The molecule has 1 aliphatic heterocycles.